The fourth-order valence-corrected chi connectivity index (χ4v) is 2.43. The van der Waals surface area contributed by atoms with E-state index in [2.05, 4.69) is 5.92 Å². The largest absolute Gasteiger partial charge is 0.497 e. The number of hydrogen-bond donors (Lipinski definition) is 0. The molecule has 1 fully saturated rings. The summed E-state index contributed by atoms with van der Waals surface area (Å²) in [4.78, 5) is 0. The lowest BCUT2D eigenvalue weighted by Gasteiger charge is -2.24. The second-order valence-electron chi connectivity index (χ2n) is 5.81. The van der Waals surface area contributed by atoms with E-state index in [0.717, 1.165) is 17.7 Å². The van der Waals surface area contributed by atoms with Gasteiger partial charge in [0, 0.05) is 6.42 Å². The lowest BCUT2D eigenvalue weighted by atomic mass is 10.1. The molecule has 0 aliphatic carbocycles. The van der Waals surface area contributed by atoms with Crippen molar-refractivity contribution in [3.05, 3.63) is 29.8 Å². The summed E-state index contributed by atoms with van der Waals surface area (Å²) in [6.07, 6.45) is 6.65. The Bertz CT molecular complexity index is 501. The summed E-state index contributed by atoms with van der Waals surface area (Å²) in [7, 11) is 1.65. The van der Waals surface area contributed by atoms with Gasteiger partial charge in [-0.1, -0.05) is 12.1 Å². The number of ether oxygens (including phenoxy) is 4. The Kier molecular flexibility index (Phi) is 5.84. The van der Waals surface area contributed by atoms with Gasteiger partial charge in [-0.2, -0.15) is 0 Å². The molecule has 4 nitrogen and oxygen atoms in total. The van der Waals surface area contributed by atoms with Crippen LogP contribution in [0.2, 0.25) is 0 Å². The van der Waals surface area contributed by atoms with Crippen LogP contribution in [0.1, 0.15) is 32.3 Å². The van der Waals surface area contributed by atoms with Crippen LogP contribution in [0.5, 0.6) is 5.75 Å². The SMILES string of the molecule is C#CCC[C@@H](OCc1ccc(OC)cc1)[C@@H]1COC(C)(C)O1. The third-order valence-electron chi connectivity index (χ3n) is 3.64. The first kappa shape index (κ1) is 16.8. The fourth-order valence-electron chi connectivity index (χ4n) is 2.43. The Morgan fingerprint density at radius 2 is 2.09 bits per heavy atom. The van der Waals surface area contributed by atoms with Gasteiger partial charge < -0.3 is 18.9 Å². The second-order valence-corrected chi connectivity index (χ2v) is 5.81. The van der Waals surface area contributed by atoms with E-state index in [4.69, 9.17) is 25.4 Å². The second kappa shape index (κ2) is 7.64. The van der Waals surface area contributed by atoms with Gasteiger partial charge in [0.15, 0.2) is 5.79 Å². The Hall–Kier alpha value is -1.54. The summed E-state index contributed by atoms with van der Waals surface area (Å²) < 4.78 is 22.7. The molecule has 0 saturated carbocycles. The van der Waals surface area contributed by atoms with Crippen molar-refractivity contribution in [1.82, 2.24) is 0 Å². The highest BCUT2D eigenvalue weighted by molar-refractivity contribution is 5.26. The van der Waals surface area contributed by atoms with Crippen LogP contribution >= 0.6 is 0 Å². The molecule has 1 aromatic carbocycles. The van der Waals surface area contributed by atoms with E-state index in [-0.39, 0.29) is 12.2 Å². The summed E-state index contributed by atoms with van der Waals surface area (Å²) in [6.45, 7) is 4.87. The van der Waals surface area contributed by atoms with Crippen molar-refractivity contribution in [2.24, 2.45) is 0 Å². The number of rotatable bonds is 7. The Morgan fingerprint density at radius 3 is 2.64 bits per heavy atom. The first-order valence-corrected chi connectivity index (χ1v) is 7.54. The molecular formula is C18H24O4. The maximum absolute atomic E-state index is 6.04. The molecule has 0 aromatic heterocycles. The van der Waals surface area contributed by atoms with Crippen LogP contribution in [0, 0.1) is 12.3 Å². The molecule has 0 bridgehead atoms. The lowest BCUT2D eigenvalue weighted by molar-refractivity contribution is -0.158. The van der Waals surface area contributed by atoms with Gasteiger partial charge in [0.1, 0.15) is 11.9 Å². The highest BCUT2D eigenvalue weighted by atomic mass is 16.7. The molecule has 1 saturated heterocycles. The highest BCUT2D eigenvalue weighted by Crippen LogP contribution is 2.27. The zero-order valence-electron chi connectivity index (χ0n) is 13.5. The predicted molar refractivity (Wildman–Crippen MR) is 84.5 cm³/mol. The van der Waals surface area contributed by atoms with E-state index in [1.807, 2.05) is 38.1 Å². The maximum Gasteiger partial charge on any atom is 0.163 e. The summed E-state index contributed by atoms with van der Waals surface area (Å²) in [6, 6.07) is 7.83. The van der Waals surface area contributed by atoms with Crippen LogP contribution in [-0.2, 0) is 20.8 Å². The standard InChI is InChI=1S/C18H24O4/c1-5-6-7-16(17-13-21-18(2,3)22-17)20-12-14-8-10-15(19-4)11-9-14/h1,8-11,16-17H,6-7,12-13H2,2-4H3/t16-,17+/m1/s1. The molecule has 4 heteroatoms. The van der Waals surface area contributed by atoms with Crippen molar-refractivity contribution < 1.29 is 18.9 Å². The minimum Gasteiger partial charge on any atom is -0.497 e. The topological polar surface area (TPSA) is 36.9 Å². The molecule has 1 aliphatic heterocycles. The third kappa shape index (κ3) is 4.74. The zero-order chi connectivity index (χ0) is 16.0. The molecule has 1 aromatic rings. The monoisotopic (exact) mass is 304 g/mol. The van der Waals surface area contributed by atoms with Crippen LogP contribution in [0.4, 0.5) is 0 Å². The van der Waals surface area contributed by atoms with E-state index in [0.29, 0.717) is 19.6 Å². The first-order chi connectivity index (χ1) is 10.5. The van der Waals surface area contributed by atoms with Gasteiger partial charge in [0.2, 0.25) is 0 Å². The van der Waals surface area contributed by atoms with Crippen LogP contribution in [0.25, 0.3) is 0 Å². The van der Waals surface area contributed by atoms with Crippen molar-refractivity contribution in [1.29, 1.82) is 0 Å². The fraction of sp³-hybridized carbons (Fsp3) is 0.556. The van der Waals surface area contributed by atoms with Crippen molar-refractivity contribution in [2.75, 3.05) is 13.7 Å². The molecule has 1 heterocycles. The van der Waals surface area contributed by atoms with Gasteiger partial charge in [-0.05, 0) is 38.0 Å². The highest BCUT2D eigenvalue weighted by Gasteiger charge is 2.37. The Labute approximate surface area is 132 Å². The van der Waals surface area contributed by atoms with Gasteiger partial charge in [-0.25, -0.2) is 0 Å². The molecule has 1 aliphatic rings. The number of terminal acetylenes is 1. The number of benzene rings is 1. The summed E-state index contributed by atoms with van der Waals surface area (Å²) in [5.74, 6) is 2.94. The molecule has 2 atom stereocenters. The van der Waals surface area contributed by atoms with E-state index in [1.54, 1.807) is 7.11 Å². The van der Waals surface area contributed by atoms with Crippen LogP contribution in [0.3, 0.4) is 0 Å². The smallest absolute Gasteiger partial charge is 0.163 e. The van der Waals surface area contributed by atoms with Gasteiger partial charge in [0.05, 0.1) is 26.4 Å². The van der Waals surface area contributed by atoms with Crippen LogP contribution in [0.15, 0.2) is 24.3 Å². The molecule has 0 N–H and O–H groups in total. The van der Waals surface area contributed by atoms with Gasteiger partial charge in [-0.15, -0.1) is 12.3 Å². The van der Waals surface area contributed by atoms with Gasteiger partial charge in [0.25, 0.3) is 0 Å². The minimum absolute atomic E-state index is 0.0695. The summed E-state index contributed by atoms with van der Waals surface area (Å²) in [5.41, 5.74) is 1.09. The molecule has 0 unspecified atom stereocenters. The molecule has 22 heavy (non-hydrogen) atoms. The van der Waals surface area contributed by atoms with Gasteiger partial charge in [-0.3, -0.25) is 0 Å². The average molecular weight is 304 g/mol. The van der Waals surface area contributed by atoms with E-state index >= 15 is 0 Å². The van der Waals surface area contributed by atoms with Crippen LogP contribution < -0.4 is 4.74 Å². The van der Waals surface area contributed by atoms with Crippen LogP contribution in [-0.4, -0.2) is 31.7 Å². The first-order valence-electron chi connectivity index (χ1n) is 7.54. The van der Waals surface area contributed by atoms with E-state index in [9.17, 15) is 0 Å². The summed E-state index contributed by atoms with van der Waals surface area (Å²) >= 11 is 0. The third-order valence-corrected chi connectivity index (χ3v) is 3.64. The minimum atomic E-state index is -0.553. The normalized spacial score (nSPS) is 21.3. The molecule has 0 amide bonds. The Balaban J connectivity index is 1.93. The molecular weight excluding hydrogens is 280 g/mol. The van der Waals surface area contributed by atoms with Gasteiger partial charge >= 0.3 is 0 Å². The number of methoxy groups -OCH3 is 1. The molecule has 0 spiro atoms. The van der Waals surface area contributed by atoms with Crippen molar-refractivity contribution in [3.63, 3.8) is 0 Å². The molecule has 2 rings (SSSR count). The molecule has 120 valence electrons. The number of hydrogen-bond acceptors (Lipinski definition) is 4. The van der Waals surface area contributed by atoms with E-state index in [1.165, 1.54) is 0 Å². The zero-order valence-corrected chi connectivity index (χ0v) is 13.5. The van der Waals surface area contributed by atoms with Crippen molar-refractivity contribution in [2.45, 2.75) is 51.3 Å². The van der Waals surface area contributed by atoms with Crippen molar-refractivity contribution >= 4 is 0 Å². The predicted octanol–water partition coefficient (Wildman–Crippen LogP) is 3.15. The summed E-state index contributed by atoms with van der Waals surface area (Å²) in [5, 5.41) is 0. The maximum atomic E-state index is 6.04. The Morgan fingerprint density at radius 1 is 1.36 bits per heavy atom. The lowest BCUT2D eigenvalue weighted by Crippen LogP contribution is -2.33. The quantitative estimate of drug-likeness (QED) is 0.725. The molecule has 0 radical (unpaired) electrons. The van der Waals surface area contributed by atoms with E-state index < -0.39 is 5.79 Å². The average Bonchev–Trinajstić information content (AvgIpc) is 2.88. The van der Waals surface area contributed by atoms with Crippen molar-refractivity contribution in [3.8, 4) is 18.1 Å².